The van der Waals surface area contributed by atoms with Gasteiger partial charge in [0.25, 0.3) is 0 Å². The van der Waals surface area contributed by atoms with Gasteiger partial charge in [0.1, 0.15) is 5.82 Å². The average Bonchev–Trinajstić information content (AvgIpc) is 2.53. The standard InChI is InChI=1S/C19H29FN2O3/c1-6-25-18(24)12-22(14(4)5)11-17(23)21-19(13(2)3)15-7-9-16(20)10-8-15/h7-10,13-14,19H,6,11-12H2,1-5H3,(H,21,23). The Labute approximate surface area is 149 Å². The van der Waals surface area contributed by atoms with Crippen molar-refractivity contribution in [1.29, 1.82) is 0 Å². The van der Waals surface area contributed by atoms with Crippen LogP contribution < -0.4 is 5.32 Å². The Kier molecular flexibility index (Phi) is 8.55. The Morgan fingerprint density at radius 1 is 1.12 bits per heavy atom. The van der Waals surface area contributed by atoms with Crippen LogP contribution in [0.25, 0.3) is 0 Å². The summed E-state index contributed by atoms with van der Waals surface area (Å²) in [5.74, 6) is -0.686. The topological polar surface area (TPSA) is 58.6 Å². The van der Waals surface area contributed by atoms with E-state index in [-0.39, 0.29) is 48.8 Å². The Morgan fingerprint density at radius 3 is 2.20 bits per heavy atom. The van der Waals surface area contributed by atoms with Crippen LogP contribution in [0.5, 0.6) is 0 Å². The van der Waals surface area contributed by atoms with Gasteiger partial charge in [-0.05, 0) is 44.4 Å². The van der Waals surface area contributed by atoms with E-state index in [1.807, 2.05) is 27.7 Å². The molecule has 6 heteroatoms. The molecule has 0 heterocycles. The van der Waals surface area contributed by atoms with Gasteiger partial charge < -0.3 is 10.1 Å². The minimum Gasteiger partial charge on any atom is -0.465 e. The molecule has 1 unspecified atom stereocenters. The van der Waals surface area contributed by atoms with E-state index in [4.69, 9.17) is 4.74 Å². The number of esters is 1. The third-order valence-corrected chi connectivity index (χ3v) is 3.93. The van der Waals surface area contributed by atoms with Crippen molar-refractivity contribution >= 4 is 11.9 Å². The summed E-state index contributed by atoms with van der Waals surface area (Å²) in [6, 6.07) is 5.94. The van der Waals surface area contributed by atoms with E-state index in [0.29, 0.717) is 6.61 Å². The molecular formula is C19H29FN2O3. The van der Waals surface area contributed by atoms with Crippen molar-refractivity contribution in [2.24, 2.45) is 5.92 Å². The molecule has 0 aliphatic carbocycles. The van der Waals surface area contributed by atoms with E-state index in [1.54, 1.807) is 24.0 Å². The Bertz CT molecular complexity index is 558. The maximum absolute atomic E-state index is 13.1. The molecule has 0 radical (unpaired) electrons. The minimum absolute atomic E-state index is 0.0264. The first kappa shape index (κ1) is 21.1. The minimum atomic E-state index is -0.344. The summed E-state index contributed by atoms with van der Waals surface area (Å²) in [5, 5.41) is 2.99. The molecule has 1 N–H and O–H groups in total. The lowest BCUT2D eigenvalue weighted by Crippen LogP contribution is -2.45. The predicted molar refractivity (Wildman–Crippen MR) is 95.5 cm³/mol. The van der Waals surface area contributed by atoms with Gasteiger partial charge in [-0.3, -0.25) is 14.5 Å². The molecule has 5 nitrogen and oxygen atoms in total. The third-order valence-electron chi connectivity index (χ3n) is 3.93. The number of carbonyl (C=O) groups is 2. The maximum atomic E-state index is 13.1. The predicted octanol–water partition coefficient (Wildman–Crippen LogP) is 2.91. The molecule has 0 saturated heterocycles. The Balaban J connectivity index is 2.75. The summed E-state index contributed by atoms with van der Waals surface area (Å²) < 4.78 is 18.1. The van der Waals surface area contributed by atoms with Gasteiger partial charge in [0, 0.05) is 6.04 Å². The molecule has 0 aliphatic heterocycles. The van der Waals surface area contributed by atoms with E-state index < -0.39 is 0 Å². The number of nitrogens with zero attached hydrogens (tertiary/aromatic N) is 1. The second-order valence-corrected chi connectivity index (χ2v) is 6.64. The molecule has 0 bridgehead atoms. The van der Waals surface area contributed by atoms with Gasteiger partial charge >= 0.3 is 5.97 Å². The summed E-state index contributed by atoms with van der Waals surface area (Å²) in [6.07, 6.45) is 0. The summed E-state index contributed by atoms with van der Waals surface area (Å²) in [4.78, 5) is 25.9. The molecule has 1 atom stereocenters. The molecule has 25 heavy (non-hydrogen) atoms. The van der Waals surface area contributed by atoms with Crippen molar-refractivity contribution in [2.75, 3.05) is 19.7 Å². The highest BCUT2D eigenvalue weighted by atomic mass is 19.1. The van der Waals surface area contributed by atoms with Gasteiger partial charge in [-0.15, -0.1) is 0 Å². The molecule has 1 rings (SSSR count). The highest BCUT2D eigenvalue weighted by molar-refractivity contribution is 5.79. The lowest BCUT2D eigenvalue weighted by molar-refractivity contribution is -0.145. The number of hydrogen-bond acceptors (Lipinski definition) is 4. The number of ether oxygens (including phenoxy) is 1. The van der Waals surface area contributed by atoms with Gasteiger partial charge in [0.15, 0.2) is 0 Å². The molecule has 1 aromatic carbocycles. The molecule has 140 valence electrons. The highest BCUT2D eigenvalue weighted by Gasteiger charge is 2.22. The van der Waals surface area contributed by atoms with Gasteiger partial charge in [0.2, 0.25) is 5.91 Å². The molecule has 0 spiro atoms. The van der Waals surface area contributed by atoms with Crippen molar-refractivity contribution in [3.8, 4) is 0 Å². The third kappa shape index (κ3) is 7.22. The van der Waals surface area contributed by atoms with Crippen molar-refractivity contribution in [3.63, 3.8) is 0 Å². The van der Waals surface area contributed by atoms with Gasteiger partial charge in [-0.25, -0.2) is 4.39 Å². The van der Waals surface area contributed by atoms with Gasteiger partial charge in [0.05, 0.1) is 25.7 Å². The van der Waals surface area contributed by atoms with E-state index >= 15 is 0 Å². The van der Waals surface area contributed by atoms with Crippen LogP contribution >= 0.6 is 0 Å². The van der Waals surface area contributed by atoms with Crippen LogP contribution in [0.1, 0.15) is 46.2 Å². The smallest absolute Gasteiger partial charge is 0.320 e. The monoisotopic (exact) mass is 352 g/mol. The van der Waals surface area contributed by atoms with E-state index in [1.165, 1.54) is 12.1 Å². The zero-order chi connectivity index (χ0) is 19.0. The first-order chi connectivity index (χ1) is 11.7. The van der Waals surface area contributed by atoms with Crippen molar-refractivity contribution in [2.45, 2.75) is 46.7 Å². The number of amides is 1. The van der Waals surface area contributed by atoms with Crippen molar-refractivity contribution in [3.05, 3.63) is 35.6 Å². The average molecular weight is 352 g/mol. The van der Waals surface area contributed by atoms with E-state index in [9.17, 15) is 14.0 Å². The van der Waals surface area contributed by atoms with Crippen LogP contribution in [0.15, 0.2) is 24.3 Å². The number of hydrogen-bond donors (Lipinski definition) is 1. The lowest BCUT2D eigenvalue weighted by atomic mass is 9.96. The zero-order valence-electron chi connectivity index (χ0n) is 15.7. The first-order valence-electron chi connectivity index (χ1n) is 8.69. The van der Waals surface area contributed by atoms with Crippen LogP contribution in [0, 0.1) is 11.7 Å². The fourth-order valence-electron chi connectivity index (χ4n) is 2.50. The summed E-state index contributed by atoms with van der Waals surface area (Å²) in [5.41, 5.74) is 0.853. The summed E-state index contributed by atoms with van der Waals surface area (Å²) in [6.45, 7) is 10.1. The molecule has 0 aliphatic rings. The largest absolute Gasteiger partial charge is 0.465 e. The van der Waals surface area contributed by atoms with Crippen LogP contribution in [0.4, 0.5) is 4.39 Å². The number of carbonyl (C=O) groups excluding carboxylic acids is 2. The fraction of sp³-hybridized carbons (Fsp3) is 0.579. The molecule has 0 fully saturated rings. The second-order valence-electron chi connectivity index (χ2n) is 6.64. The number of halogens is 1. The number of rotatable bonds is 9. The van der Waals surface area contributed by atoms with Gasteiger partial charge in [-0.1, -0.05) is 26.0 Å². The van der Waals surface area contributed by atoms with E-state index in [0.717, 1.165) is 5.56 Å². The van der Waals surface area contributed by atoms with Crippen LogP contribution in [-0.2, 0) is 14.3 Å². The Hall–Kier alpha value is -1.95. The van der Waals surface area contributed by atoms with Gasteiger partial charge in [-0.2, -0.15) is 0 Å². The first-order valence-corrected chi connectivity index (χ1v) is 8.69. The summed E-state index contributed by atoms with van der Waals surface area (Å²) in [7, 11) is 0. The lowest BCUT2D eigenvalue weighted by Gasteiger charge is -2.28. The molecule has 1 amide bonds. The quantitative estimate of drug-likeness (QED) is 0.694. The second kappa shape index (κ2) is 10.1. The fourth-order valence-corrected chi connectivity index (χ4v) is 2.50. The van der Waals surface area contributed by atoms with Crippen LogP contribution in [0.3, 0.4) is 0 Å². The zero-order valence-corrected chi connectivity index (χ0v) is 15.7. The van der Waals surface area contributed by atoms with Crippen molar-refractivity contribution < 1.29 is 18.7 Å². The molecule has 1 aromatic rings. The number of benzene rings is 1. The SMILES string of the molecule is CCOC(=O)CN(CC(=O)NC(c1ccc(F)cc1)C(C)C)C(C)C. The van der Waals surface area contributed by atoms with Crippen LogP contribution in [0.2, 0.25) is 0 Å². The Morgan fingerprint density at radius 2 is 1.72 bits per heavy atom. The highest BCUT2D eigenvalue weighted by Crippen LogP contribution is 2.21. The van der Waals surface area contributed by atoms with Crippen molar-refractivity contribution in [1.82, 2.24) is 10.2 Å². The molecular weight excluding hydrogens is 323 g/mol. The number of nitrogens with one attached hydrogen (secondary N) is 1. The maximum Gasteiger partial charge on any atom is 0.320 e. The van der Waals surface area contributed by atoms with E-state index in [2.05, 4.69) is 5.32 Å². The molecule has 0 saturated carbocycles. The normalized spacial score (nSPS) is 12.5. The van der Waals surface area contributed by atoms with Crippen LogP contribution in [-0.4, -0.2) is 42.5 Å². The molecule has 0 aromatic heterocycles. The summed E-state index contributed by atoms with van der Waals surface area (Å²) >= 11 is 0.